The zero-order valence-corrected chi connectivity index (χ0v) is 11.6. The van der Waals surface area contributed by atoms with Crippen molar-refractivity contribution in [3.63, 3.8) is 0 Å². The van der Waals surface area contributed by atoms with Crippen LogP contribution in [0.5, 0.6) is 0 Å². The molecule has 3 rings (SSSR count). The Morgan fingerprint density at radius 3 is 2.45 bits per heavy atom. The average molecular weight is 262 g/mol. The van der Waals surface area contributed by atoms with Crippen molar-refractivity contribution in [3.8, 4) is 11.3 Å². The summed E-state index contributed by atoms with van der Waals surface area (Å²) in [4.78, 5) is 0. The number of nitrogens with zero attached hydrogens (tertiary/aromatic N) is 1. The lowest BCUT2D eigenvalue weighted by molar-refractivity contribution is 1.09. The summed E-state index contributed by atoms with van der Waals surface area (Å²) in [5.74, 6) is 0. The van der Waals surface area contributed by atoms with Gasteiger partial charge >= 0.3 is 0 Å². The summed E-state index contributed by atoms with van der Waals surface area (Å²) in [5.41, 5.74) is 6.34. The first-order chi connectivity index (χ1) is 9.88. The number of hydrogen-bond acceptors (Lipinski definition) is 1. The van der Waals surface area contributed by atoms with E-state index in [1.165, 1.54) is 22.3 Å². The summed E-state index contributed by atoms with van der Waals surface area (Å²) in [6, 6.07) is 19.1. The predicted molar refractivity (Wildman–Crippen MR) is 82.6 cm³/mol. The molecule has 0 unspecified atom stereocenters. The van der Waals surface area contributed by atoms with Crippen molar-refractivity contribution >= 4 is 0 Å². The molecule has 100 valence electrons. The Labute approximate surface area is 119 Å². The molecule has 2 aromatic carbocycles. The summed E-state index contributed by atoms with van der Waals surface area (Å²) in [5, 5.41) is 7.34. The normalized spacial score (nSPS) is 10.7. The van der Waals surface area contributed by atoms with Crippen molar-refractivity contribution in [2.75, 3.05) is 0 Å². The van der Waals surface area contributed by atoms with E-state index in [0.29, 0.717) is 0 Å². The fraction of sp³-hybridized carbons (Fsp3) is 0.167. The molecular formula is C18H18N2. The second-order valence-electron chi connectivity index (χ2n) is 4.94. The molecule has 0 saturated heterocycles. The Morgan fingerprint density at radius 2 is 1.65 bits per heavy atom. The fourth-order valence-corrected chi connectivity index (χ4v) is 2.55. The third-order valence-electron chi connectivity index (χ3n) is 3.62. The lowest BCUT2D eigenvalue weighted by atomic mass is 9.96. The van der Waals surface area contributed by atoms with Crippen molar-refractivity contribution in [1.82, 2.24) is 10.2 Å². The summed E-state index contributed by atoms with van der Waals surface area (Å²) in [7, 11) is 0. The largest absolute Gasteiger partial charge is 0.278 e. The topological polar surface area (TPSA) is 28.7 Å². The first-order valence-electron chi connectivity index (χ1n) is 7.03. The number of aromatic amines is 1. The molecule has 1 heterocycles. The van der Waals surface area contributed by atoms with E-state index in [2.05, 4.69) is 71.7 Å². The quantitative estimate of drug-likeness (QED) is 0.749. The molecule has 0 amide bonds. The van der Waals surface area contributed by atoms with Gasteiger partial charge in [-0.25, -0.2) is 0 Å². The first kappa shape index (κ1) is 12.7. The van der Waals surface area contributed by atoms with Gasteiger partial charge in [-0.1, -0.05) is 61.5 Å². The minimum Gasteiger partial charge on any atom is -0.278 e. The van der Waals surface area contributed by atoms with E-state index < -0.39 is 0 Å². The van der Waals surface area contributed by atoms with Gasteiger partial charge in [0.1, 0.15) is 0 Å². The van der Waals surface area contributed by atoms with E-state index in [9.17, 15) is 0 Å². The van der Waals surface area contributed by atoms with Crippen molar-refractivity contribution in [2.24, 2.45) is 0 Å². The third-order valence-corrected chi connectivity index (χ3v) is 3.62. The Balaban J connectivity index is 2.01. The molecule has 3 aromatic rings. The molecule has 2 nitrogen and oxygen atoms in total. The van der Waals surface area contributed by atoms with Crippen LogP contribution in [-0.2, 0) is 12.8 Å². The van der Waals surface area contributed by atoms with Crippen LogP contribution < -0.4 is 0 Å². The highest BCUT2D eigenvalue weighted by atomic mass is 15.1. The van der Waals surface area contributed by atoms with Gasteiger partial charge in [-0.3, -0.25) is 5.10 Å². The van der Waals surface area contributed by atoms with E-state index in [0.717, 1.165) is 18.5 Å². The van der Waals surface area contributed by atoms with E-state index in [1.54, 1.807) is 0 Å². The maximum absolute atomic E-state index is 4.19. The second kappa shape index (κ2) is 5.74. The van der Waals surface area contributed by atoms with E-state index >= 15 is 0 Å². The number of aryl methyl sites for hydroxylation is 1. The molecular weight excluding hydrogens is 244 g/mol. The number of hydrogen-bond donors (Lipinski definition) is 1. The van der Waals surface area contributed by atoms with Crippen LogP contribution in [0.1, 0.15) is 23.6 Å². The zero-order chi connectivity index (χ0) is 13.8. The van der Waals surface area contributed by atoms with E-state index in [-0.39, 0.29) is 0 Å². The molecule has 20 heavy (non-hydrogen) atoms. The van der Waals surface area contributed by atoms with Gasteiger partial charge < -0.3 is 0 Å². The zero-order valence-electron chi connectivity index (χ0n) is 11.6. The highest BCUT2D eigenvalue weighted by Gasteiger charge is 2.10. The number of nitrogens with one attached hydrogen (secondary N) is 1. The van der Waals surface area contributed by atoms with Crippen LogP contribution in [-0.4, -0.2) is 10.2 Å². The van der Waals surface area contributed by atoms with Gasteiger partial charge in [0.25, 0.3) is 0 Å². The molecule has 0 aliphatic rings. The molecule has 0 bridgehead atoms. The van der Waals surface area contributed by atoms with E-state index in [4.69, 9.17) is 0 Å². The molecule has 0 aliphatic carbocycles. The fourth-order valence-electron chi connectivity index (χ4n) is 2.55. The number of aromatic nitrogens is 2. The van der Waals surface area contributed by atoms with Gasteiger partial charge in [0.15, 0.2) is 0 Å². The van der Waals surface area contributed by atoms with Crippen LogP contribution in [0.3, 0.4) is 0 Å². The van der Waals surface area contributed by atoms with E-state index in [1.807, 2.05) is 6.20 Å². The summed E-state index contributed by atoms with van der Waals surface area (Å²) >= 11 is 0. The second-order valence-corrected chi connectivity index (χ2v) is 4.94. The maximum Gasteiger partial charge on any atom is 0.0684 e. The van der Waals surface area contributed by atoms with Gasteiger partial charge in [0, 0.05) is 5.56 Å². The monoisotopic (exact) mass is 262 g/mol. The SMILES string of the molecule is CCc1cn[nH]c1-c1ccccc1Cc1ccccc1. The van der Waals surface area contributed by atoms with Gasteiger partial charge in [-0.2, -0.15) is 5.10 Å². The Hall–Kier alpha value is -2.35. The molecule has 0 aliphatic heterocycles. The van der Waals surface area contributed by atoms with Gasteiger partial charge in [0.05, 0.1) is 11.9 Å². The lowest BCUT2D eigenvalue weighted by Gasteiger charge is -2.09. The molecule has 0 fully saturated rings. The number of H-pyrrole nitrogens is 1. The van der Waals surface area contributed by atoms with Crippen LogP contribution >= 0.6 is 0 Å². The van der Waals surface area contributed by atoms with Gasteiger partial charge in [-0.05, 0) is 29.5 Å². The predicted octanol–water partition coefficient (Wildman–Crippen LogP) is 4.23. The molecule has 0 atom stereocenters. The standard InChI is InChI=1S/C18H18N2/c1-2-15-13-19-20-18(15)17-11-7-6-10-16(17)12-14-8-4-3-5-9-14/h3-11,13H,2,12H2,1H3,(H,19,20). The highest BCUT2D eigenvalue weighted by Crippen LogP contribution is 2.27. The average Bonchev–Trinajstić information content (AvgIpc) is 2.97. The van der Waals surface area contributed by atoms with Crippen molar-refractivity contribution in [3.05, 3.63) is 77.5 Å². The number of rotatable bonds is 4. The molecule has 0 spiro atoms. The lowest BCUT2D eigenvalue weighted by Crippen LogP contribution is -1.94. The van der Waals surface area contributed by atoms with Crippen molar-refractivity contribution in [1.29, 1.82) is 0 Å². The minimum absolute atomic E-state index is 0.944. The van der Waals surface area contributed by atoms with Crippen LogP contribution in [0.15, 0.2) is 60.8 Å². The molecule has 1 aromatic heterocycles. The molecule has 0 radical (unpaired) electrons. The summed E-state index contributed by atoms with van der Waals surface area (Å²) < 4.78 is 0. The maximum atomic E-state index is 4.19. The Morgan fingerprint density at radius 1 is 0.900 bits per heavy atom. The van der Waals surface area contributed by atoms with Crippen LogP contribution in [0, 0.1) is 0 Å². The number of benzene rings is 2. The Kier molecular flexibility index (Phi) is 3.64. The Bertz CT molecular complexity index is 683. The molecule has 1 N–H and O–H groups in total. The summed E-state index contributed by atoms with van der Waals surface area (Å²) in [6.07, 6.45) is 3.86. The molecule has 2 heteroatoms. The highest BCUT2D eigenvalue weighted by molar-refractivity contribution is 5.67. The smallest absolute Gasteiger partial charge is 0.0684 e. The van der Waals surface area contributed by atoms with Crippen LogP contribution in [0.4, 0.5) is 0 Å². The minimum atomic E-state index is 0.944. The van der Waals surface area contributed by atoms with Crippen molar-refractivity contribution < 1.29 is 0 Å². The molecule has 0 saturated carbocycles. The van der Waals surface area contributed by atoms with Crippen LogP contribution in [0.25, 0.3) is 11.3 Å². The first-order valence-corrected chi connectivity index (χ1v) is 7.03. The van der Waals surface area contributed by atoms with Gasteiger partial charge in [0.2, 0.25) is 0 Å². The summed E-state index contributed by atoms with van der Waals surface area (Å²) in [6.45, 7) is 2.16. The van der Waals surface area contributed by atoms with Crippen molar-refractivity contribution in [2.45, 2.75) is 19.8 Å². The van der Waals surface area contributed by atoms with Crippen LogP contribution in [0.2, 0.25) is 0 Å². The third kappa shape index (κ3) is 2.50. The van der Waals surface area contributed by atoms with Gasteiger partial charge in [-0.15, -0.1) is 0 Å².